The predicted octanol–water partition coefficient (Wildman–Crippen LogP) is 5.84. The first kappa shape index (κ1) is 23.9. The van der Waals surface area contributed by atoms with Gasteiger partial charge < -0.3 is 11.1 Å². The van der Waals surface area contributed by atoms with Crippen LogP contribution in [0.15, 0.2) is 54.4 Å². The Hall–Kier alpha value is -2.74. The van der Waals surface area contributed by atoms with E-state index in [4.69, 9.17) is 5.73 Å². The summed E-state index contributed by atoms with van der Waals surface area (Å²) < 4.78 is 52.1. The maximum Gasteiger partial charge on any atom is 0.392 e. The predicted molar refractivity (Wildman–Crippen MR) is 115 cm³/mol. The van der Waals surface area contributed by atoms with Gasteiger partial charge in [0.1, 0.15) is 5.82 Å². The van der Waals surface area contributed by atoms with Crippen LogP contribution in [0.2, 0.25) is 0 Å². The van der Waals surface area contributed by atoms with E-state index in [1.54, 1.807) is 31.5 Å². The molecular formula is C24H27F4N3O. The SMILES string of the molecule is CC/C(=C\CC(F)(F)F)C(=O)Nc1cc(C(N)(CCC2CC2)c2cccnc2)ccc1F. The molecule has 0 aliphatic heterocycles. The molecule has 172 valence electrons. The van der Waals surface area contributed by atoms with E-state index in [2.05, 4.69) is 10.3 Å². The van der Waals surface area contributed by atoms with Gasteiger partial charge in [0, 0.05) is 18.0 Å². The standard InChI is InChI=1S/C24H27F4N3O/c1-2-17(10-12-24(26,27)28)22(32)31-21-14-18(7-8-20(21)25)23(29,11-9-16-5-6-16)19-4-3-13-30-15-19/h3-4,7-8,10,13-16H,2,5-6,9,11-12,29H2,1H3,(H,31,32)/b17-10+. The summed E-state index contributed by atoms with van der Waals surface area (Å²) in [5.41, 5.74) is 7.08. The lowest BCUT2D eigenvalue weighted by Gasteiger charge is -2.31. The van der Waals surface area contributed by atoms with Gasteiger partial charge in [-0.1, -0.05) is 38.0 Å². The van der Waals surface area contributed by atoms with Gasteiger partial charge >= 0.3 is 6.18 Å². The number of halogens is 4. The monoisotopic (exact) mass is 449 g/mol. The minimum Gasteiger partial charge on any atom is -0.320 e. The molecule has 4 nitrogen and oxygen atoms in total. The number of anilines is 1. The lowest BCUT2D eigenvalue weighted by atomic mass is 9.80. The number of allylic oxidation sites excluding steroid dienone is 1. The van der Waals surface area contributed by atoms with Crippen molar-refractivity contribution in [3.8, 4) is 0 Å². The Bertz CT molecular complexity index is 971. The minimum absolute atomic E-state index is 0.0628. The van der Waals surface area contributed by atoms with Gasteiger partial charge in [-0.05, 0) is 54.5 Å². The van der Waals surface area contributed by atoms with E-state index in [9.17, 15) is 22.4 Å². The fourth-order valence-corrected chi connectivity index (χ4v) is 3.66. The summed E-state index contributed by atoms with van der Waals surface area (Å²) in [7, 11) is 0. The lowest BCUT2D eigenvalue weighted by Crippen LogP contribution is -2.38. The average molecular weight is 449 g/mol. The summed E-state index contributed by atoms with van der Waals surface area (Å²) in [6, 6.07) is 7.89. The molecule has 32 heavy (non-hydrogen) atoms. The molecule has 3 rings (SSSR count). The van der Waals surface area contributed by atoms with Crippen LogP contribution in [-0.2, 0) is 10.3 Å². The Kier molecular flexibility index (Phi) is 7.33. The van der Waals surface area contributed by atoms with Crippen LogP contribution in [0.1, 0.15) is 56.6 Å². The summed E-state index contributed by atoms with van der Waals surface area (Å²) in [6.45, 7) is 1.57. The molecule has 1 unspecified atom stereocenters. The van der Waals surface area contributed by atoms with Crippen LogP contribution in [0, 0.1) is 11.7 Å². The van der Waals surface area contributed by atoms with Crippen molar-refractivity contribution >= 4 is 11.6 Å². The van der Waals surface area contributed by atoms with Gasteiger partial charge in [0.25, 0.3) is 5.91 Å². The molecular weight excluding hydrogens is 422 g/mol. The van der Waals surface area contributed by atoms with Crippen LogP contribution >= 0.6 is 0 Å². The van der Waals surface area contributed by atoms with Gasteiger partial charge in [-0.2, -0.15) is 13.2 Å². The van der Waals surface area contributed by atoms with Crippen LogP contribution < -0.4 is 11.1 Å². The molecule has 3 N–H and O–H groups in total. The van der Waals surface area contributed by atoms with E-state index in [0.717, 1.165) is 30.9 Å². The second kappa shape index (κ2) is 9.81. The Labute approximate surface area is 184 Å². The summed E-state index contributed by atoms with van der Waals surface area (Å²) >= 11 is 0. The van der Waals surface area contributed by atoms with E-state index in [1.165, 1.54) is 12.1 Å². The van der Waals surface area contributed by atoms with Crippen molar-refractivity contribution in [1.29, 1.82) is 0 Å². The highest BCUT2D eigenvalue weighted by atomic mass is 19.4. The second-order valence-corrected chi connectivity index (χ2v) is 8.25. The molecule has 1 saturated carbocycles. The highest BCUT2D eigenvalue weighted by Gasteiger charge is 2.33. The molecule has 0 bridgehead atoms. The van der Waals surface area contributed by atoms with Crippen LogP contribution in [-0.4, -0.2) is 17.1 Å². The largest absolute Gasteiger partial charge is 0.392 e. The maximum atomic E-state index is 14.5. The fourth-order valence-electron chi connectivity index (χ4n) is 3.66. The molecule has 8 heteroatoms. The van der Waals surface area contributed by atoms with Crippen molar-refractivity contribution in [3.05, 3.63) is 71.3 Å². The zero-order chi connectivity index (χ0) is 23.4. The highest BCUT2D eigenvalue weighted by molar-refractivity contribution is 6.03. The van der Waals surface area contributed by atoms with Crippen LogP contribution in [0.5, 0.6) is 0 Å². The number of alkyl halides is 3. The molecule has 1 aromatic heterocycles. The zero-order valence-corrected chi connectivity index (χ0v) is 17.9. The minimum atomic E-state index is -4.42. The van der Waals surface area contributed by atoms with E-state index in [1.807, 2.05) is 6.07 Å². The molecule has 1 fully saturated rings. The van der Waals surface area contributed by atoms with E-state index in [0.29, 0.717) is 17.9 Å². The number of hydrogen-bond donors (Lipinski definition) is 2. The normalized spacial score (nSPS) is 16.5. The Morgan fingerprint density at radius 2 is 2.00 bits per heavy atom. The number of nitrogens with zero attached hydrogens (tertiary/aromatic N) is 1. The van der Waals surface area contributed by atoms with Crippen molar-refractivity contribution in [2.45, 2.75) is 57.2 Å². The van der Waals surface area contributed by atoms with Gasteiger partial charge in [-0.3, -0.25) is 9.78 Å². The molecule has 2 aromatic rings. The first-order valence-corrected chi connectivity index (χ1v) is 10.7. The first-order valence-electron chi connectivity index (χ1n) is 10.7. The smallest absolute Gasteiger partial charge is 0.320 e. The van der Waals surface area contributed by atoms with Gasteiger partial charge in [0.15, 0.2) is 0 Å². The van der Waals surface area contributed by atoms with Crippen molar-refractivity contribution in [1.82, 2.24) is 4.98 Å². The van der Waals surface area contributed by atoms with E-state index in [-0.39, 0.29) is 17.7 Å². The Balaban J connectivity index is 1.89. The number of rotatable bonds is 9. The number of benzene rings is 1. The number of nitrogens with two attached hydrogens (primary N) is 1. The lowest BCUT2D eigenvalue weighted by molar-refractivity contribution is -0.125. The fraction of sp³-hybridized carbons (Fsp3) is 0.417. The van der Waals surface area contributed by atoms with Crippen LogP contribution in [0.25, 0.3) is 0 Å². The van der Waals surface area contributed by atoms with Crippen LogP contribution in [0.4, 0.5) is 23.2 Å². The third-order valence-electron chi connectivity index (χ3n) is 5.80. The topological polar surface area (TPSA) is 68.0 Å². The summed E-state index contributed by atoms with van der Waals surface area (Å²) in [4.78, 5) is 16.7. The number of carbonyl (C=O) groups excluding carboxylic acids is 1. The van der Waals surface area contributed by atoms with Crippen molar-refractivity contribution < 1.29 is 22.4 Å². The number of nitrogens with one attached hydrogen (secondary N) is 1. The number of aromatic nitrogens is 1. The van der Waals surface area contributed by atoms with Gasteiger partial charge in [0.05, 0.1) is 17.6 Å². The van der Waals surface area contributed by atoms with Gasteiger partial charge in [-0.15, -0.1) is 0 Å². The van der Waals surface area contributed by atoms with E-state index >= 15 is 0 Å². The molecule has 1 aromatic carbocycles. The second-order valence-electron chi connectivity index (χ2n) is 8.25. The average Bonchev–Trinajstić information content (AvgIpc) is 3.58. The Morgan fingerprint density at radius 1 is 1.25 bits per heavy atom. The molecule has 0 radical (unpaired) electrons. The summed E-state index contributed by atoms with van der Waals surface area (Å²) in [5, 5.41) is 2.42. The summed E-state index contributed by atoms with van der Waals surface area (Å²) in [5.74, 6) is -0.834. The number of amides is 1. The summed E-state index contributed by atoms with van der Waals surface area (Å²) in [6.07, 6.45) is 2.44. The van der Waals surface area contributed by atoms with Gasteiger partial charge in [0.2, 0.25) is 0 Å². The molecule has 1 heterocycles. The van der Waals surface area contributed by atoms with Crippen molar-refractivity contribution in [2.24, 2.45) is 11.7 Å². The van der Waals surface area contributed by atoms with Crippen molar-refractivity contribution in [2.75, 3.05) is 5.32 Å². The number of carbonyl (C=O) groups is 1. The molecule has 1 aliphatic rings. The molecule has 0 spiro atoms. The van der Waals surface area contributed by atoms with E-state index < -0.39 is 29.9 Å². The quantitative estimate of drug-likeness (QED) is 0.373. The van der Waals surface area contributed by atoms with Gasteiger partial charge in [-0.25, -0.2) is 4.39 Å². The van der Waals surface area contributed by atoms with Crippen molar-refractivity contribution in [3.63, 3.8) is 0 Å². The molecule has 1 atom stereocenters. The number of pyridine rings is 1. The van der Waals surface area contributed by atoms with Crippen LogP contribution in [0.3, 0.4) is 0 Å². The third-order valence-corrected chi connectivity index (χ3v) is 5.80. The highest BCUT2D eigenvalue weighted by Crippen LogP contribution is 2.40. The number of hydrogen-bond acceptors (Lipinski definition) is 3. The maximum absolute atomic E-state index is 14.5. The molecule has 1 aliphatic carbocycles. The molecule has 0 saturated heterocycles. The Morgan fingerprint density at radius 3 is 2.59 bits per heavy atom. The third kappa shape index (κ3) is 6.16. The zero-order valence-electron chi connectivity index (χ0n) is 17.9. The first-order chi connectivity index (χ1) is 15.1. The molecule has 1 amide bonds.